The number of carbonyl (C=O) groups is 1. The standard InChI is InChI=1S/C20H24N2OS/c1-19(2)9-16-10-20(3,12-19)13-22(16)18(23)15-8-17(24-11-15)14-4-6-21-7-5-14/h4-8,11,16H,9-10,12-13H2,1-3H3. The van der Waals surface area contributed by atoms with Crippen molar-refractivity contribution in [1.29, 1.82) is 0 Å². The number of pyridine rings is 1. The molecule has 2 aliphatic rings. The lowest BCUT2D eigenvalue weighted by atomic mass is 9.65. The molecule has 1 saturated heterocycles. The molecule has 0 N–H and O–H groups in total. The maximum absolute atomic E-state index is 13.1. The van der Waals surface area contributed by atoms with Crippen molar-refractivity contribution in [3.63, 3.8) is 0 Å². The Hall–Kier alpha value is -1.68. The van der Waals surface area contributed by atoms with Gasteiger partial charge in [-0.2, -0.15) is 0 Å². The van der Waals surface area contributed by atoms with Crippen LogP contribution in [-0.2, 0) is 0 Å². The van der Waals surface area contributed by atoms with E-state index in [1.165, 1.54) is 6.42 Å². The summed E-state index contributed by atoms with van der Waals surface area (Å²) in [7, 11) is 0. The summed E-state index contributed by atoms with van der Waals surface area (Å²) in [5.41, 5.74) is 2.58. The van der Waals surface area contributed by atoms with Crippen molar-refractivity contribution in [1.82, 2.24) is 9.88 Å². The van der Waals surface area contributed by atoms with Crippen LogP contribution in [0.3, 0.4) is 0 Å². The SMILES string of the molecule is CC1(C)CC2CC(C)(CN2C(=O)c2csc(-c3ccncc3)c2)C1. The predicted octanol–water partition coefficient (Wildman–Crippen LogP) is 4.85. The fourth-order valence-corrected chi connectivity index (χ4v) is 5.87. The highest BCUT2D eigenvalue weighted by molar-refractivity contribution is 7.13. The Kier molecular flexibility index (Phi) is 3.57. The number of rotatable bonds is 2. The summed E-state index contributed by atoms with van der Waals surface area (Å²) in [5.74, 6) is 0.206. The van der Waals surface area contributed by atoms with Gasteiger partial charge < -0.3 is 4.90 Å². The minimum atomic E-state index is 0.206. The number of aromatic nitrogens is 1. The summed E-state index contributed by atoms with van der Waals surface area (Å²) in [6.07, 6.45) is 7.08. The van der Waals surface area contributed by atoms with Crippen LogP contribution in [-0.4, -0.2) is 28.4 Å². The molecule has 3 heterocycles. The highest BCUT2D eigenvalue weighted by Gasteiger charge is 2.51. The van der Waals surface area contributed by atoms with E-state index in [1.54, 1.807) is 23.7 Å². The first-order chi connectivity index (χ1) is 11.4. The average Bonchev–Trinajstić information content (AvgIpc) is 3.09. The van der Waals surface area contributed by atoms with Crippen LogP contribution in [0.15, 0.2) is 36.0 Å². The summed E-state index contributed by atoms with van der Waals surface area (Å²) in [6, 6.07) is 6.42. The highest BCUT2D eigenvalue weighted by atomic mass is 32.1. The first kappa shape index (κ1) is 15.8. The number of likely N-dealkylation sites (tertiary alicyclic amines) is 1. The third-order valence-corrected chi connectivity index (χ3v) is 6.47. The predicted molar refractivity (Wildman–Crippen MR) is 98.1 cm³/mol. The molecule has 1 amide bonds. The van der Waals surface area contributed by atoms with E-state index in [9.17, 15) is 4.79 Å². The molecule has 24 heavy (non-hydrogen) atoms. The second kappa shape index (κ2) is 5.41. The van der Waals surface area contributed by atoms with Crippen molar-refractivity contribution >= 4 is 17.2 Å². The first-order valence-electron chi connectivity index (χ1n) is 8.65. The molecule has 3 nitrogen and oxygen atoms in total. The number of amides is 1. The number of carbonyl (C=O) groups excluding carboxylic acids is 1. The lowest BCUT2D eigenvalue weighted by Gasteiger charge is -2.39. The van der Waals surface area contributed by atoms with Gasteiger partial charge in [-0.05, 0) is 53.9 Å². The molecular weight excluding hydrogens is 316 g/mol. The van der Waals surface area contributed by atoms with Crippen molar-refractivity contribution in [3.05, 3.63) is 41.5 Å². The van der Waals surface area contributed by atoms with Crippen molar-refractivity contribution < 1.29 is 4.79 Å². The van der Waals surface area contributed by atoms with Crippen LogP contribution in [0.2, 0.25) is 0 Å². The lowest BCUT2D eigenvalue weighted by molar-refractivity contribution is 0.0709. The fraction of sp³-hybridized carbons (Fsp3) is 0.500. The van der Waals surface area contributed by atoms with Crippen molar-refractivity contribution in [2.45, 2.75) is 46.1 Å². The molecule has 2 aromatic heterocycles. The molecule has 1 aliphatic carbocycles. The van der Waals surface area contributed by atoms with Crippen LogP contribution in [0.25, 0.3) is 10.4 Å². The van der Waals surface area contributed by atoms with Gasteiger partial charge in [0, 0.05) is 35.2 Å². The van der Waals surface area contributed by atoms with Crippen LogP contribution in [0.1, 0.15) is 50.4 Å². The second-order valence-electron chi connectivity index (χ2n) is 8.58. The Morgan fingerprint density at radius 2 is 2.00 bits per heavy atom. The summed E-state index contributed by atoms with van der Waals surface area (Å²) < 4.78 is 0. The Morgan fingerprint density at radius 3 is 2.75 bits per heavy atom. The normalized spacial score (nSPS) is 28.1. The van der Waals surface area contributed by atoms with E-state index in [-0.39, 0.29) is 11.3 Å². The summed E-state index contributed by atoms with van der Waals surface area (Å²) in [5, 5.41) is 2.01. The Labute approximate surface area is 147 Å². The smallest absolute Gasteiger partial charge is 0.254 e. The van der Waals surface area contributed by atoms with Gasteiger partial charge in [0.05, 0.1) is 5.56 Å². The molecule has 0 spiro atoms. The maximum Gasteiger partial charge on any atom is 0.254 e. The molecule has 4 heteroatoms. The van der Waals surface area contributed by atoms with Crippen LogP contribution in [0, 0.1) is 10.8 Å². The molecule has 2 fully saturated rings. The van der Waals surface area contributed by atoms with Crippen LogP contribution >= 0.6 is 11.3 Å². The quantitative estimate of drug-likeness (QED) is 0.783. The van der Waals surface area contributed by atoms with Gasteiger partial charge in [0.2, 0.25) is 0 Å². The van der Waals surface area contributed by atoms with E-state index in [0.29, 0.717) is 11.5 Å². The highest BCUT2D eigenvalue weighted by Crippen LogP contribution is 2.52. The molecule has 2 unspecified atom stereocenters. The van der Waals surface area contributed by atoms with Gasteiger partial charge in [0.25, 0.3) is 5.91 Å². The van der Waals surface area contributed by atoms with E-state index in [0.717, 1.165) is 35.4 Å². The molecule has 2 atom stereocenters. The molecule has 0 radical (unpaired) electrons. The Bertz CT molecular complexity index is 767. The number of hydrogen-bond acceptors (Lipinski definition) is 3. The lowest BCUT2D eigenvalue weighted by Crippen LogP contribution is -2.37. The van der Waals surface area contributed by atoms with Gasteiger partial charge in [-0.15, -0.1) is 11.3 Å². The van der Waals surface area contributed by atoms with E-state index in [2.05, 4.69) is 30.7 Å². The number of thiophene rings is 1. The molecule has 1 saturated carbocycles. The van der Waals surface area contributed by atoms with Crippen LogP contribution in [0.5, 0.6) is 0 Å². The van der Waals surface area contributed by atoms with Crippen molar-refractivity contribution in [2.24, 2.45) is 10.8 Å². The van der Waals surface area contributed by atoms with Gasteiger partial charge in [-0.3, -0.25) is 9.78 Å². The molecule has 1 aliphatic heterocycles. The molecule has 2 bridgehead atoms. The summed E-state index contributed by atoms with van der Waals surface area (Å²) in [4.78, 5) is 20.5. The topological polar surface area (TPSA) is 33.2 Å². The molecule has 0 aromatic carbocycles. The second-order valence-corrected chi connectivity index (χ2v) is 9.49. The van der Waals surface area contributed by atoms with Gasteiger partial charge in [0.15, 0.2) is 0 Å². The zero-order valence-electron chi connectivity index (χ0n) is 14.6. The number of hydrogen-bond donors (Lipinski definition) is 0. The zero-order valence-corrected chi connectivity index (χ0v) is 15.4. The Morgan fingerprint density at radius 1 is 1.25 bits per heavy atom. The minimum Gasteiger partial charge on any atom is -0.335 e. The number of fused-ring (bicyclic) bond motifs is 2. The Balaban J connectivity index is 1.58. The number of nitrogens with zero attached hydrogens (tertiary/aromatic N) is 2. The van der Waals surface area contributed by atoms with Crippen molar-refractivity contribution in [2.75, 3.05) is 6.54 Å². The average molecular weight is 340 g/mol. The molecular formula is C20H24N2OS. The fourth-order valence-electron chi connectivity index (χ4n) is 4.98. The van der Waals surface area contributed by atoms with E-state index >= 15 is 0 Å². The van der Waals surface area contributed by atoms with Crippen LogP contribution in [0.4, 0.5) is 0 Å². The maximum atomic E-state index is 13.1. The van der Waals surface area contributed by atoms with Gasteiger partial charge in [0.1, 0.15) is 0 Å². The molecule has 2 aromatic rings. The van der Waals surface area contributed by atoms with Gasteiger partial charge in [-0.1, -0.05) is 20.8 Å². The van der Waals surface area contributed by atoms with Crippen LogP contribution < -0.4 is 0 Å². The van der Waals surface area contributed by atoms with E-state index in [1.807, 2.05) is 23.6 Å². The third kappa shape index (κ3) is 2.77. The zero-order chi connectivity index (χ0) is 16.9. The summed E-state index contributed by atoms with van der Waals surface area (Å²) in [6.45, 7) is 7.94. The van der Waals surface area contributed by atoms with Crippen molar-refractivity contribution in [3.8, 4) is 10.4 Å². The summed E-state index contributed by atoms with van der Waals surface area (Å²) >= 11 is 1.64. The van der Waals surface area contributed by atoms with E-state index < -0.39 is 0 Å². The van der Waals surface area contributed by atoms with E-state index in [4.69, 9.17) is 0 Å². The molecule has 4 rings (SSSR count). The first-order valence-corrected chi connectivity index (χ1v) is 9.53. The third-order valence-electron chi connectivity index (χ3n) is 5.49. The van der Waals surface area contributed by atoms with Gasteiger partial charge >= 0.3 is 0 Å². The minimum absolute atomic E-state index is 0.206. The molecule has 126 valence electrons. The largest absolute Gasteiger partial charge is 0.335 e. The monoisotopic (exact) mass is 340 g/mol. The van der Waals surface area contributed by atoms with Gasteiger partial charge in [-0.25, -0.2) is 0 Å².